The highest BCUT2D eigenvalue weighted by atomic mass is 16.5. The van der Waals surface area contributed by atoms with Crippen LogP contribution in [0.3, 0.4) is 0 Å². The van der Waals surface area contributed by atoms with Gasteiger partial charge in [-0.05, 0) is 48.2 Å². The highest BCUT2D eigenvalue weighted by molar-refractivity contribution is 6.01. The third-order valence-corrected chi connectivity index (χ3v) is 9.31. The average Bonchev–Trinajstić information content (AvgIpc) is 3.75. The van der Waals surface area contributed by atoms with E-state index in [1.807, 2.05) is 40.1 Å². The summed E-state index contributed by atoms with van der Waals surface area (Å²) in [5.74, 6) is 0.466. The van der Waals surface area contributed by atoms with Crippen molar-refractivity contribution in [1.29, 1.82) is 0 Å². The van der Waals surface area contributed by atoms with Crippen LogP contribution in [0.25, 0.3) is 39.1 Å². The van der Waals surface area contributed by atoms with Gasteiger partial charge in [0.1, 0.15) is 5.69 Å². The number of methoxy groups -OCH3 is 1. The second-order valence-corrected chi connectivity index (χ2v) is 12.3. The minimum Gasteiger partial charge on any atom is -0.619 e. The molecule has 3 aromatic heterocycles. The van der Waals surface area contributed by atoms with Crippen LogP contribution in [0.2, 0.25) is 0 Å². The van der Waals surface area contributed by atoms with Crippen molar-refractivity contribution in [1.82, 2.24) is 30.0 Å². The normalized spacial score (nSPS) is 18.2. The topological polar surface area (TPSA) is 143 Å². The molecule has 5 heterocycles. The molecule has 2 aliphatic rings. The molecule has 1 saturated heterocycles. The fourth-order valence-electron chi connectivity index (χ4n) is 6.47. The Morgan fingerprint density at radius 2 is 1.83 bits per heavy atom. The monoisotopic (exact) mass is 644 g/mol. The minimum atomic E-state index is -1.08. The maximum Gasteiger partial charge on any atom is 0.258 e. The molecule has 0 saturated carbocycles. The number of carbonyl (C=O) groups excluding carboxylic acids is 2. The van der Waals surface area contributed by atoms with E-state index in [1.54, 1.807) is 44.6 Å². The SMILES string of the molecule is CO[C@@]1(C(=O)Nc2ccc3[nH]nc(-c4cc[n+]([O-])c(C)c4)c3c2)CCN(CC(=O)N2CC=C(c3ccc(-c4ncccn4)cc3)CC2)C1. The van der Waals surface area contributed by atoms with E-state index in [0.717, 1.165) is 38.7 Å². The van der Waals surface area contributed by atoms with Gasteiger partial charge in [-0.3, -0.25) is 19.6 Å². The summed E-state index contributed by atoms with van der Waals surface area (Å²) in [5.41, 5.74) is 5.68. The molecule has 0 bridgehead atoms. The van der Waals surface area contributed by atoms with E-state index in [4.69, 9.17) is 4.74 Å². The number of nitrogens with one attached hydrogen (secondary N) is 2. The summed E-state index contributed by atoms with van der Waals surface area (Å²) < 4.78 is 6.63. The van der Waals surface area contributed by atoms with Crippen LogP contribution in [0.15, 0.2) is 85.3 Å². The van der Waals surface area contributed by atoms with Crippen molar-refractivity contribution in [3.05, 3.63) is 102 Å². The molecule has 0 aliphatic carbocycles. The smallest absolute Gasteiger partial charge is 0.258 e. The van der Waals surface area contributed by atoms with Crippen molar-refractivity contribution in [2.24, 2.45) is 0 Å². The molecule has 244 valence electrons. The van der Waals surface area contributed by atoms with Gasteiger partial charge in [0.05, 0.1) is 12.1 Å². The molecule has 7 rings (SSSR count). The molecule has 12 heteroatoms. The number of H-pyrrole nitrogens is 1. The van der Waals surface area contributed by atoms with E-state index >= 15 is 0 Å². The number of aryl methyl sites for hydroxylation is 1. The van der Waals surface area contributed by atoms with Crippen LogP contribution in [0, 0.1) is 12.1 Å². The van der Waals surface area contributed by atoms with Gasteiger partial charge in [0.2, 0.25) is 5.91 Å². The highest BCUT2D eigenvalue weighted by Crippen LogP contribution is 2.31. The first-order valence-corrected chi connectivity index (χ1v) is 15.9. The van der Waals surface area contributed by atoms with Gasteiger partial charge in [-0.1, -0.05) is 30.3 Å². The second-order valence-electron chi connectivity index (χ2n) is 12.3. The lowest BCUT2D eigenvalue weighted by Gasteiger charge is -2.30. The van der Waals surface area contributed by atoms with Gasteiger partial charge in [0.15, 0.2) is 23.3 Å². The zero-order valence-corrected chi connectivity index (χ0v) is 26.8. The van der Waals surface area contributed by atoms with Gasteiger partial charge >= 0.3 is 0 Å². The van der Waals surface area contributed by atoms with Crippen molar-refractivity contribution < 1.29 is 19.1 Å². The Balaban J connectivity index is 0.966. The fraction of sp³-hybridized carbons (Fsp3) is 0.278. The summed E-state index contributed by atoms with van der Waals surface area (Å²) in [4.78, 5) is 39.5. The van der Waals surface area contributed by atoms with Crippen LogP contribution in [0.5, 0.6) is 0 Å². The predicted octanol–water partition coefficient (Wildman–Crippen LogP) is 3.97. The number of anilines is 1. The van der Waals surface area contributed by atoms with Crippen molar-refractivity contribution in [3.63, 3.8) is 0 Å². The van der Waals surface area contributed by atoms with Gasteiger partial charge in [0, 0.05) is 86.9 Å². The zero-order valence-electron chi connectivity index (χ0n) is 26.8. The molecule has 0 radical (unpaired) electrons. The summed E-state index contributed by atoms with van der Waals surface area (Å²) in [7, 11) is 1.54. The van der Waals surface area contributed by atoms with Crippen LogP contribution in [0.1, 0.15) is 24.1 Å². The molecule has 0 spiro atoms. The lowest BCUT2D eigenvalue weighted by Crippen LogP contribution is -2.48. The quantitative estimate of drug-likeness (QED) is 0.191. The largest absolute Gasteiger partial charge is 0.619 e. The molecule has 1 fully saturated rings. The molecule has 2 aliphatic heterocycles. The van der Waals surface area contributed by atoms with E-state index in [-0.39, 0.29) is 18.4 Å². The van der Waals surface area contributed by atoms with Crippen molar-refractivity contribution in [2.75, 3.05) is 45.2 Å². The number of carbonyl (C=O) groups is 2. The Kier molecular flexibility index (Phi) is 8.42. The van der Waals surface area contributed by atoms with E-state index in [0.29, 0.717) is 55.5 Å². The average molecular weight is 645 g/mol. The zero-order chi connectivity index (χ0) is 33.3. The Bertz CT molecular complexity index is 2010. The number of likely N-dealkylation sites (tertiary alicyclic amines) is 1. The number of pyridine rings is 1. The molecule has 12 nitrogen and oxygen atoms in total. The predicted molar refractivity (Wildman–Crippen MR) is 181 cm³/mol. The molecule has 0 unspecified atom stereocenters. The van der Waals surface area contributed by atoms with Crippen LogP contribution >= 0.6 is 0 Å². The first-order chi connectivity index (χ1) is 23.3. The molecule has 1 atom stereocenters. The molecule has 2 N–H and O–H groups in total. The van der Waals surface area contributed by atoms with Gasteiger partial charge < -0.3 is 20.2 Å². The van der Waals surface area contributed by atoms with Crippen LogP contribution in [-0.4, -0.2) is 87.2 Å². The maximum absolute atomic E-state index is 13.7. The molecular weight excluding hydrogens is 608 g/mol. The molecule has 48 heavy (non-hydrogen) atoms. The van der Waals surface area contributed by atoms with Gasteiger partial charge in [0.25, 0.3) is 5.91 Å². The van der Waals surface area contributed by atoms with Gasteiger partial charge in [-0.15, -0.1) is 0 Å². The number of nitrogens with zero attached hydrogens (tertiary/aromatic N) is 6. The number of rotatable bonds is 8. The maximum atomic E-state index is 13.7. The van der Waals surface area contributed by atoms with Crippen molar-refractivity contribution in [3.8, 4) is 22.6 Å². The van der Waals surface area contributed by atoms with Crippen LogP contribution in [0.4, 0.5) is 5.69 Å². The van der Waals surface area contributed by atoms with Crippen molar-refractivity contribution in [2.45, 2.75) is 25.4 Å². The van der Waals surface area contributed by atoms with Crippen LogP contribution < -0.4 is 10.0 Å². The van der Waals surface area contributed by atoms with Crippen molar-refractivity contribution >= 4 is 34.0 Å². The third-order valence-electron chi connectivity index (χ3n) is 9.31. The van der Waals surface area contributed by atoms with E-state index < -0.39 is 5.60 Å². The number of aromatic nitrogens is 5. The number of fused-ring (bicyclic) bond motifs is 1. The summed E-state index contributed by atoms with van der Waals surface area (Å²) in [6.07, 6.45) is 8.27. The molecule has 5 aromatic rings. The summed E-state index contributed by atoms with van der Waals surface area (Å²) in [6, 6.07) is 19.0. The molecular formula is C36H36N8O4. The standard InChI is InChI=1S/C36H36N8O4/c1-24-20-28(12-18-44(24)47)33-30-21-29(8-9-31(30)40-41-33)39-35(46)36(48-2)13-19-42(23-36)22-32(45)43-16-10-26(11-17-43)25-4-6-27(7-5-25)34-37-14-3-15-38-34/h3-10,12,14-15,18,20-21H,11,13,16-17,19,22-23H2,1-2H3,(H,39,46)(H,40,41)/t36-/m0/s1. The molecule has 2 amide bonds. The Labute approximate surface area is 277 Å². The number of hydrogen-bond donors (Lipinski definition) is 2. The summed E-state index contributed by atoms with van der Waals surface area (Å²) >= 11 is 0. The number of amides is 2. The first-order valence-electron chi connectivity index (χ1n) is 15.9. The van der Waals surface area contributed by atoms with Gasteiger partial charge in [-0.25, -0.2) is 9.97 Å². The number of ether oxygens (including phenoxy) is 1. The van der Waals surface area contributed by atoms with Gasteiger partial charge in [-0.2, -0.15) is 9.83 Å². The van der Waals surface area contributed by atoms with E-state index in [1.165, 1.54) is 11.8 Å². The van der Waals surface area contributed by atoms with E-state index in [2.05, 4.69) is 43.7 Å². The summed E-state index contributed by atoms with van der Waals surface area (Å²) in [6.45, 7) is 4.01. The Hall–Kier alpha value is -5.46. The lowest BCUT2D eigenvalue weighted by molar-refractivity contribution is -0.612. The number of hydrogen-bond acceptors (Lipinski definition) is 8. The third kappa shape index (κ3) is 6.15. The highest BCUT2D eigenvalue weighted by Gasteiger charge is 2.45. The Morgan fingerprint density at radius 1 is 1.04 bits per heavy atom. The first kappa shape index (κ1) is 31.2. The number of aromatic amines is 1. The molecule has 2 aromatic carbocycles. The minimum absolute atomic E-state index is 0.0331. The second kappa shape index (κ2) is 13.0. The van der Waals surface area contributed by atoms with E-state index in [9.17, 15) is 14.8 Å². The van der Waals surface area contributed by atoms with Crippen LogP contribution in [-0.2, 0) is 14.3 Å². The Morgan fingerprint density at radius 3 is 2.56 bits per heavy atom. The summed E-state index contributed by atoms with van der Waals surface area (Å²) in [5, 5.41) is 23.2. The fourth-order valence-corrected chi connectivity index (χ4v) is 6.47. The number of benzene rings is 2. The lowest BCUT2D eigenvalue weighted by atomic mass is 9.98.